The first kappa shape index (κ1) is 19.9. The topological polar surface area (TPSA) is 58.9 Å². The first-order valence-electron chi connectivity index (χ1n) is 9.19. The van der Waals surface area contributed by atoms with E-state index < -0.39 is 18.0 Å². The summed E-state index contributed by atoms with van der Waals surface area (Å²) in [7, 11) is 0. The summed E-state index contributed by atoms with van der Waals surface area (Å²) >= 11 is 0. The normalized spacial score (nSPS) is 15.3. The Morgan fingerprint density at radius 1 is 0.750 bits per heavy atom. The number of aliphatic hydroxyl groups excluding tert-OH is 2. The second-order valence-corrected chi connectivity index (χ2v) is 6.81. The Bertz CT molecular complexity index is 850. The molecule has 4 nitrogen and oxygen atoms in total. The lowest BCUT2D eigenvalue weighted by Crippen LogP contribution is -2.25. The third-order valence-corrected chi connectivity index (χ3v) is 4.65. The van der Waals surface area contributed by atoms with E-state index in [-0.39, 0.29) is 0 Å². The highest BCUT2D eigenvalue weighted by atomic mass is 16.6. The van der Waals surface area contributed by atoms with Crippen molar-refractivity contribution in [2.24, 2.45) is 0 Å². The van der Waals surface area contributed by atoms with Gasteiger partial charge < -0.3 is 19.7 Å². The first-order valence-corrected chi connectivity index (χ1v) is 9.19. The standard InChI is InChI=1S/C24H24O4/c1-17(25)27-22-13-7-11-20(15-22)24(3,19-9-5-4-6-10-19)21-12-8-14-23(16-21)28-18(2)26/h4-12,15-18,25-26H,1-3H3. The molecule has 3 rings (SSSR count). The molecule has 0 aliphatic carbocycles. The fraction of sp³-hybridized carbons (Fsp3) is 0.250. The molecular formula is C24H24O4. The molecule has 2 atom stereocenters. The largest absolute Gasteiger partial charge is 0.465 e. The van der Waals surface area contributed by atoms with Gasteiger partial charge in [-0.25, -0.2) is 0 Å². The summed E-state index contributed by atoms with van der Waals surface area (Å²) in [6.07, 6.45) is -1.85. The third kappa shape index (κ3) is 4.35. The molecule has 28 heavy (non-hydrogen) atoms. The zero-order valence-electron chi connectivity index (χ0n) is 16.2. The molecule has 0 spiro atoms. The maximum absolute atomic E-state index is 9.57. The zero-order valence-corrected chi connectivity index (χ0v) is 16.2. The van der Waals surface area contributed by atoms with Crippen LogP contribution in [0.2, 0.25) is 0 Å². The highest BCUT2D eigenvalue weighted by molar-refractivity contribution is 5.52. The quantitative estimate of drug-likeness (QED) is 0.482. The molecule has 0 bridgehead atoms. The Hall–Kier alpha value is -2.82. The first-order chi connectivity index (χ1) is 13.4. The molecule has 0 aliphatic rings. The zero-order chi connectivity index (χ0) is 20.1. The molecule has 0 saturated carbocycles. The van der Waals surface area contributed by atoms with Gasteiger partial charge in [0.2, 0.25) is 0 Å². The lowest BCUT2D eigenvalue weighted by molar-refractivity contribution is -0.00106. The van der Waals surface area contributed by atoms with Gasteiger partial charge in [0, 0.05) is 17.5 Å². The Morgan fingerprint density at radius 3 is 1.64 bits per heavy atom. The number of rotatable bonds is 7. The molecule has 4 heteroatoms. The number of hydrogen-bond donors (Lipinski definition) is 2. The third-order valence-electron chi connectivity index (χ3n) is 4.65. The van der Waals surface area contributed by atoms with Crippen molar-refractivity contribution in [1.29, 1.82) is 0 Å². The maximum atomic E-state index is 9.57. The molecule has 2 unspecified atom stereocenters. The van der Waals surface area contributed by atoms with Gasteiger partial charge >= 0.3 is 0 Å². The second-order valence-electron chi connectivity index (χ2n) is 6.81. The monoisotopic (exact) mass is 376 g/mol. The molecule has 0 heterocycles. The number of aliphatic hydroxyl groups is 2. The molecular weight excluding hydrogens is 352 g/mol. The van der Waals surface area contributed by atoms with Crippen LogP contribution in [0.3, 0.4) is 0 Å². The predicted octanol–water partition coefficient (Wildman–Crippen LogP) is 4.08. The van der Waals surface area contributed by atoms with Gasteiger partial charge in [-0.1, -0.05) is 54.6 Å². The number of ether oxygens (including phenoxy) is 2. The number of hydrogen-bond acceptors (Lipinski definition) is 4. The molecule has 0 aromatic heterocycles. The van der Waals surface area contributed by atoms with Crippen LogP contribution in [0.1, 0.15) is 37.5 Å². The van der Waals surface area contributed by atoms with E-state index in [0.717, 1.165) is 16.7 Å². The van der Waals surface area contributed by atoms with Crippen molar-refractivity contribution in [2.75, 3.05) is 0 Å². The van der Waals surface area contributed by atoms with E-state index in [1.165, 1.54) is 0 Å². The minimum Gasteiger partial charge on any atom is -0.465 e. The highest BCUT2D eigenvalue weighted by Gasteiger charge is 2.32. The van der Waals surface area contributed by atoms with Gasteiger partial charge in [0.05, 0.1) is 0 Å². The van der Waals surface area contributed by atoms with E-state index in [1.807, 2.05) is 42.5 Å². The van der Waals surface area contributed by atoms with Gasteiger partial charge in [0.1, 0.15) is 11.5 Å². The molecule has 2 radical (unpaired) electrons. The average Bonchev–Trinajstić information content (AvgIpc) is 2.67. The van der Waals surface area contributed by atoms with Crippen molar-refractivity contribution in [3.8, 4) is 11.5 Å². The van der Waals surface area contributed by atoms with Crippen LogP contribution in [0.25, 0.3) is 0 Å². The number of benzene rings is 3. The van der Waals surface area contributed by atoms with Crippen LogP contribution < -0.4 is 9.47 Å². The molecule has 144 valence electrons. The molecule has 3 aromatic rings. The molecule has 0 amide bonds. The van der Waals surface area contributed by atoms with Crippen molar-refractivity contribution >= 4 is 0 Å². The van der Waals surface area contributed by atoms with Crippen LogP contribution in [0.5, 0.6) is 11.5 Å². The van der Waals surface area contributed by atoms with Gasteiger partial charge in [0.25, 0.3) is 0 Å². The van der Waals surface area contributed by atoms with Crippen molar-refractivity contribution in [3.63, 3.8) is 0 Å². The van der Waals surface area contributed by atoms with E-state index in [1.54, 1.807) is 26.0 Å². The minimum atomic E-state index is -0.924. The summed E-state index contributed by atoms with van der Waals surface area (Å²) in [6, 6.07) is 27.4. The van der Waals surface area contributed by atoms with Crippen LogP contribution in [-0.2, 0) is 5.41 Å². The van der Waals surface area contributed by atoms with Crippen LogP contribution in [0.15, 0.2) is 66.7 Å². The summed E-state index contributed by atoms with van der Waals surface area (Å²) < 4.78 is 10.9. The van der Waals surface area contributed by atoms with Gasteiger partial charge in [0.15, 0.2) is 12.6 Å². The molecule has 0 fully saturated rings. The van der Waals surface area contributed by atoms with Gasteiger partial charge in [-0.05, 0) is 49.6 Å². The summed E-state index contributed by atoms with van der Waals surface area (Å²) in [5, 5.41) is 19.1. The fourth-order valence-corrected chi connectivity index (χ4v) is 3.29. The average molecular weight is 376 g/mol. The van der Waals surface area contributed by atoms with E-state index in [0.29, 0.717) is 11.5 Å². The van der Waals surface area contributed by atoms with Gasteiger partial charge in [-0.3, -0.25) is 0 Å². The van der Waals surface area contributed by atoms with E-state index in [9.17, 15) is 10.2 Å². The maximum Gasteiger partial charge on any atom is 0.194 e. The molecule has 0 aliphatic heterocycles. The summed E-state index contributed by atoms with van der Waals surface area (Å²) in [5.41, 5.74) is 2.50. The lowest BCUT2D eigenvalue weighted by Gasteiger charge is -2.32. The van der Waals surface area contributed by atoms with Crippen LogP contribution in [-0.4, -0.2) is 22.8 Å². The Balaban J connectivity index is 2.15. The summed E-state index contributed by atoms with van der Waals surface area (Å²) in [6.45, 7) is 5.23. The fourth-order valence-electron chi connectivity index (χ4n) is 3.29. The summed E-state index contributed by atoms with van der Waals surface area (Å²) in [5.74, 6) is 0.940. The lowest BCUT2D eigenvalue weighted by atomic mass is 9.71. The van der Waals surface area contributed by atoms with Crippen LogP contribution >= 0.6 is 0 Å². The Labute approximate surface area is 166 Å². The van der Waals surface area contributed by atoms with Crippen molar-refractivity contribution in [2.45, 2.75) is 38.8 Å². The summed E-state index contributed by atoms with van der Waals surface area (Å²) in [4.78, 5) is 0. The van der Waals surface area contributed by atoms with E-state index in [4.69, 9.17) is 9.47 Å². The van der Waals surface area contributed by atoms with E-state index in [2.05, 4.69) is 31.2 Å². The smallest absolute Gasteiger partial charge is 0.194 e. The van der Waals surface area contributed by atoms with Crippen molar-refractivity contribution in [1.82, 2.24) is 0 Å². The Kier molecular flexibility index (Phi) is 6.02. The van der Waals surface area contributed by atoms with Crippen molar-refractivity contribution in [3.05, 3.63) is 95.6 Å². The molecule has 3 aromatic carbocycles. The SMILES string of the molecule is CC(O)Oc1[c]ccc(C(C)(c2ccccc2)c2cc[c]c(OC(C)O)c2)c1. The van der Waals surface area contributed by atoms with Crippen LogP contribution in [0, 0.1) is 12.1 Å². The van der Waals surface area contributed by atoms with Crippen LogP contribution in [0.4, 0.5) is 0 Å². The molecule has 0 saturated heterocycles. The minimum absolute atomic E-state index is 0.470. The Morgan fingerprint density at radius 2 is 1.21 bits per heavy atom. The highest BCUT2D eigenvalue weighted by Crippen LogP contribution is 2.40. The van der Waals surface area contributed by atoms with Gasteiger partial charge in [-0.15, -0.1) is 0 Å². The van der Waals surface area contributed by atoms with Gasteiger partial charge in [-0.2, -0.15) is 0 Å². The predicted molar refractivity (Wildman–Crippen MR) is 107 cm³/mol. The second kappa shape index (κ2) is 8.46. The van der Waals surface area contributed by atoms with Crippen molar-refractivity contribution < 1.29 is 19.7 Å². The molecule has 2 N–H and O–H groups in total. The van der Waals surface area contributed by atoms with E-state index >= 15 is 0 Å².